The van der Waals surface area contributed by atoms with Gasteiger partial charge in [0.25, 0.3) is 0 Å². The Balaban J connectivity index is 1.75. The minimum Gasteiger partial charge on any atom is -0.487 e. The molecule has 1 aromatic carbocycles. The zero-order valence-corrected chi connectivity index (χ0v) is 13.8. The van der Waals surface area contributed by atoms with Gasteiger partial charge in [-0.3, -0.25) is 4.79 Å². The minimum atomic E-state index is -0.254. The summed E-state index contributed by atoms with van der Waals surface area (Å²) in [6.07, 6.45) is 2.90. The topological polar surface area (TPSA) is 41.6 Å². The molecule has 120 valence electrons. The summed E-state index contributed by atoms with van der Waals surface area (Å²) < 4.78 is 6.03. The molecule has 4 heteroatoms. The van der Waals surface area contributed by atoms with Crippen LogP contribution in [0, 0.1) is 5.92 Å². The highest BCUT2D eigenvalue weighted by molar-refractivity contribution is 5.79. The minimum absolute atomic E-state index is 0.0414. The Kier molecular flexibility index (Phi) is 4.13. The van der Waals surface area contributed by atoms with Gasteiger partial charge in [-0.2, -0.15) is 0 Å². The molecule has 2 unspecified atom stereocenters. The average Bonchev–Trinajstić information content (AvgIpc) is 2.46. The van der Waals surface area contributed by atoms with Gasteiger partial charge < -0.3 is 15.0 Å². The maximum absolute atomic E-state index is 12.7. The number of hydrogen-bond acceptors (Lipinski definition) is 3. The van der Waals surface area contributed by atoms with E-state index in [9.17, 15) is 4.79 Å². The first-order valence-corrected chi connectivity index (χ1v) is 8.21. The van der Waals surface area contributed by atoms with Crippen LogP contribution in [0.5, 0.6) is 5.75 Å². The molecular formula is C18H26N2O2. The van der Waals surface area contributed by atoms with E-state index in [0.29, 0.717) is 0 Å². The number of nitrogens with one attached hydrogen (secondary N) is 1. The van der Waals surface area contributed by atoms with Crippen LogP contribution in [0.2, 0.25) is 0 Å². The highest BCUT2D eigenvalue weighted by Crippen LogP contribution is 2.39. The maximum Gasteiger partial charge on any atom is 0.224 e. The van der Waals surface area contributed by atoms with Gasteiger partial charge in [-0.1, -0.05) is 18.2 Å². The van der Waals surface area contributed by atoms with Crippen molar-refractivity contribution in [1.82, 2.24) is 10.2 Å². The number of nitrogens with zero attached hydrogens (tertiary/aromatic N) is 1. The SMILES string of the molecule is CN1CCCC(C(=O)NC2CC(C)(C)Oc3ccccc32)C1. The van der Waals surface area contributed by atoms with Crippen molar-refractivity contribution in [3.05, 3.63) is 29.8 Å². The molecule has 1 N–H and O–H groups in total. The van der Waals surface area contributed by atoms with E-state index in [1.165, 1.54) is 0 Å². The summed E-state index contributed by atoms with van der Waals surface area (Å²) >= 11 is 0. The summed E-state index contributed by atoms with van der Waals surface area (Å²) in [6, 6.07) is 8.08. The van der Waals surface area contributed by atoms with Crippen LogP contribution < -0.4 is 10.1 Å². The fraction of sp³-hybridized carbons (Fsp3) is 0.611. The standard InChI is InChI=1S/C18H26N2O2/c1-18(2)11-15(14-8-4-5-9-16(14)22-18)19-17(21)13-7-6-10-20(3)12-13/h4-5,8-9,13,15H,6-7,10-12H2,1-3H3,(H,19,21). The van der Waals surface area contributed by atoms with E-state index >= 15 is 0 Å². The smallest absolute Gasteiger partial charge is 0.224 e. The fourth-order valence-electron chi connectivity index (χ4n) is 3.60. The summed E-state index contributed by atoms with van der Waals surface area (Å²) in [5.41, 5.74) is 0.842. The lowest BCUT2D eigenvalue weighted by Crippen LogP contribution is -2.46. The third kappa shape index (κ3) is 3.27. The third-order valence-corrected chi connectivity index (χ3v) is 4.69. The van der Waals surface area contributed by atoms with Crippen molar-refractivity contribution in [2.75, 3.05) is 20.1 Å². The van der Waals surface area contributed by atoms with Crippen LogP contribution in [-0.2, 0) is 4.79 Å². The number of fused-ring (bicyclic) bond motifs is 1. The summed E-state index contributed by atoms with van der Waals surface area (Å²) in [5, 5.41) is 3.28. The maximum atomic E-state index is 12.7. The number of para-hydroxylation sites is 1. The van der Waals surface area contributed by atoms with E-state index in [2.05, 4.69) is 37.2 Å². The van der Waals surface area contributed by atoms with E-state index in [0.717, 1.165) is 43.7 Å². The number of amides is 1. The highest BCUT2D eigenvalue weighted by atomic mass is 16.5. The molecule has 0 aliphatic carbocycles. The number of piperidine rings is 1. The lowest BCUT2D eigenvalue weighted by atomic mass is 9.88. The second-order valence-corrected chi connectivity index (χ2v) is 7.27. The molecule has 0 aromatic heterocycles. The molecule has 2 aliphatic rings. The normalized spacial score (nSPS) is 27.6. The summed E-state index contributed by atoms with van der Waals surface area (Å²) in [7, 11) is 2.09. The van der Waals surface area contributed by atoms with Crippen LogP contribution in [0.4, 0.5) is 0 Å². The van der Waals surface area contributed by atoms with Gasteiger partial charge in [0.2, 0.25) is 5.91 Å². The zero-order chi connectivity index (χ0) is 15.7. The Hall–Kier alpha value is -1.55. The Morgan fingerprint density at radius 1 is 1.36 bits per heavy atom. The van der Waals surface area contributed by atoms with Crippen molar-refractivity contribution in [1.29, 1.82) is 0 Å². The number of hydrogen-bond donors (Lipinski definition) is 1. The second-order valence-electron chi connectivity index (χ2n) is 7.27. The fourth-order valence-corrected chi connectivity index (χ4v) is 3.60. The monoisotopic (exact) mass is 302 g/mol. The van der Waals surface area contributed by atoms with Crippen LogP contribution in [0.1, 0.15) is 44.7 Å². The van der Waals surface area contributed by atoms with Crippen molar-refractivity contribution in [2.24, 2.45) is 5.92 Å². The average molecular weight is 302 g/mol. The summed E-state index contributed by atoms with van der Waals surface area (Å²) in [6.45, 7) is 6.12. The molecule has 22 heavy (non-hydrogen) atoms. The van der Waals surface area contributed by atoms with Gasteiger partial charge in [0, 0.05) is 18.5 Å². The van der Waals surface area contributed by atoms with Crippen molar-refractivity contribution in [3.63, 3.8) is 0 Å². The molecular weight excluding hydrogens is 276 g/mol. The molecule has 3 rings (SSSR count). The van der Waals surface area contributed by atoms with Gasteiger partial charge >= 0.3 is 0 Å². The molecule has 2 atom stereocenters. The first-order chi connectivity index (χ1) is 10.4. The van der Waals surface area contributed by atoms with Gasteiger partial charge in [0.1, 0.15) is 11.4 Å². The third-order valence-electron chi connectivity index (χ3n) is 4.69. The van der Waals surface area contributed by atoms with Crippen LogP contribution in [0.15, 0.2) is 24.3 Å². The molecule has 1 aromatic rings. The lowest BCUT2D eigenvalue weighted by Gasteiger charge is -2.39. The van der Waals surface area contributed by atoms with E-state index < -0.39 is 0 Å². The van der Waals surface area contributed by atoms with E-state index in [1.807, 2.05) is 18.2 Å². The van der Waals surface area contributed by atoms with Crippen molar-refractivity contribution in [3.8, 4) is 5.75 Å². The van der Waals surface area contributed by atoms with Gasteiger partial charge in [-0.05, 0) is 46.3 Å². The van der Waals surface area contributed by atoms with Gasteiger partial charge in [-0.25, -0.2) is 0 Å². The van der Waals surface area contributed by atoms with E-state index in [4.69, 9.17) is 4.74 Å². The molecule has 1 fully saturated rings. The van der Waals surface area contributed by atoms with E-state index in [1.54, 1.807) is 0 Å². The number of likely N-dealkylation sites (tertiary alicyclic amines) is 1. The largest absolute Gasteiger partial charge is 0.487 e. The number of carbonyl (C=O) groups is 1. The van der Waals surface area contributed by atoms with Crippen LogP contribution in [-0.4, -0.2) is 36.5 Å². The first kappa shape index (κ1) is 15.3. The molecule has 1 amide bonds. The van der Waals surface area contributed by atoms with Crippen molar-refractivity contribution >= 4 is 5.91 Å². The quantitative estimate of drug-likeness (QED) is 0.913. The molecule has 2 aliphatic heterocycles. The van der Waals surface area contributed by atoms with Crippen LogP contribution >= 0.6 is 0 Å². The molecule has 4 nitrogen and oxygen atoms in total. The highest BCUT2D eigenvalue weighted by Gasteiger charge is 2.35. The Bertz CT molecular complexity index is 556. The van der Waals surface area contributed by atoms with Crippen molar-refractivity contribution < 1.29 is 9.53 Å². The molecule has 0 saturated carbocycles. The van der Waals surface area contributed by atoms with Gasteiger partial charge in [-0.15, -0.1) is 0 Å². The lowest BCUT2D eigenvalue weighted by molar-refractivity contribution is -0.127. The first-order valence-electron chi connectivity index (χ1n) is 8.21. The van der Waals surface area contributed by atoms with Gasteiger partial charge in [0.15, 0.2) is 0 Å². The Morgan fingerprint density at radius 3 is 2.91 bits per heavy atom. The second kappa shape index (κ2) is 5.92. The summed E-state index contributed by atoms with van der Waals surface area (Å²) in [4.78, 5) is 14.9. The van der Waals surface area contributed by atoms with Crippen LogP contribution in [0.3, 0.4) is 0 Å². The molecule has 1 saturated heterocycles. The van der Waals surface area contributed by atoms with Gasteiger partial charge in [0.05, 0.1) is 12.0 Å². The number of carbonyl (C=O) groups excluding carboxylic acids is 1. The van der Waals surface area contributed by atoms with Crippen molar-refractivity contribution in [2.45, 2.75) is 44.8 Å². The number of rotatable bonds is 2. The predicted molar refractivity (Wildman–Crippen MR) is 86.9 cm³/mol. The zero-order valence-electron chi connectivity index (χ0n) is 13.8. The van der Waals surface area contributed by atoms with E-state index in [-0.39, 0.29) is 23.5 Å². The van der Waals surface area contributed by atoms with Crippen LogP contribution in [0.25, 0.3) is 0 Å². The number of benzene rings is 1. The number of ether oxygens (including phenoxy) is 1. The Labute approximate surface area is 132 Å². The predicted octanol–water partition coefficient (Wildman–Crippen LogP) is 2.75. The molecule has 0 radical (unpaired) electrons. The molecule has 0 spiro atoms. The summed E-state index contributed by atoms with van der Waals surface area (Å²) in [5.74, 6) is 1.19. The molecule has 0 bridgehead atoms. The Morgan fingerprint density at radius 2 is 2.14 bits per heavy atom. The molecule has 2 heterocycles.